The Balaban J connectivity index is 1.83. The molecule has 4 aromatic heterocycles. The largest absolute Gasteiger partial charge is 0.456 e. The topological polar surface area (TPSA) is 135 Å². The summed E-state index contributed by atoms with van der Waals surface area (Å²) in [6.45, 7) is 3.14. The highest BCUT2D eigenvalue weighted by Crippen LogP contribution is 2.30. The van der Waals surface area contributed by atoms with E-state index in [1.54, 1.807) is 42.5 Å². The zero-order chi connectivity index (χ0) is 22.6. The number of aliphatic hydroxyl groups excluding tert-OH is 1. The van der Waals surface area contributed by atoms with Crippen molar-refractivity contribution in [3.63, 3.8) is 0 Å². The van der Waals surface area contributed by atoms with E-state index < -0.39 is 11.6 Å². The van der Waals surface area contributed by atoms with Gasteiger partial charge in [0, 0.05) is 0 Å². The molecule has 1 N–H and O–H groups in total. The van der Waals surface area contributed by atoms with Crippen molar-refractivity contribution >= 4 is 28.2 Å². The first kappa shape index (κ1) is 20.0. The summed E-state index contributed by atoms with van der Waals surface area (Å²) in [5.41, 5.74) is 0.849. The van der Waals surface area contributed by atoms with Crippen LogP contribution in [-0.4, -0.2) is 35.8 Å². The summed E-state index contributed by atoms with van der Waals surface area (Å²) < 4.78 is 13.7. The van der Waals surface area contributed by atoms with Crippen LogP contribution in [0.2, 0.25) is 5.02 Å². The lowest BCUT2D eigenvalue weighted by Gasteiger charge is -2.18. The lowest BCUT2D eigenvalue weighted by Crippen LogP contribution is -2.28. The second kappa shape index (κ2) is 7.33. The Kier molecular flexibility index (Phi) is 4.58. The number of nitrogens with zero attached hydrogens (tertiary/aromatic N) is 6. The van der Waals surface area contributed by atoms with Gasteiger partial charge >= 0.3 is 0 Å². The fourth-order valence-electron chi connectivity index (χ4n) is 3.69. The molecule has 0 aliphatic carbocycles. The van der Waals surface area contributed by atoms with E-state index in [1.807, 2.05) is 0 Å². The van der Waals surface area contributed by atoms with Crippen LogP contribution in [0, 0.1) is 18.3 Å². The Bertz CT molecular complexity index is 1600. The van der Waals surface area contributed by atoms with Gasteiger partial charge in [0.05, 0.1) is 34.3 Å². The number of benzene rings is 1. The van der Waals surface area contributed by atoms with Gasteiger partial charge in [0.15, 0.2) is 5.76 Å². The molecule has 0 aliphatic heterocycles. The Morgan fingerprint density at radius 1 is 1.28 bits per heavy atom. The normalized spacial score (nSPS) is 12.5. The first-order valence-corrected chi connectivity index (χ1v) is 9.98. The van der Waals surface area contributed by atoms with Gasteiger partial charge in [-0.15, -0.1) is 0 Å². The first-order chi connectivity index (χ1) is 15.4. The number of fused-ring (bicyclic) bond motifs is 3. The summed E-state index contributed by atoms with van der Waals surface area (Å²) in [6, 6.07) is 8.16. The van der Waals surface area contributed by atoms with Crippen LogP contribution in [0.25, 0.3) is 39.7 Å². The van der Waals surface area contributed by atoms with E-state index >= 15 is 0 Å². The molecular formula is C21H15ClN6O4. The number of aliphatic hydroxyl groups is 1. The van der Waals surface area contributed by atoms with E-state index in [-0.39, 0.29) is 40.1 Å². The van der Waals surface area contributed by atoms with E-state index in [9.17, 15) is 15.2 Å². The summed E-state index contributed by atoms with van der Waals surface area (Å²) in [5, 5.41) is 23.6. The minimum Gasteiger partial charge on any atom is -0.456 e. The molecule has 0 saturated carbocycles. The Morgan fingerprint density at radius 2 is 2.09 bits per heavy atom. The maximum atomic E-state index is 13.6. The van der Waals surface area contributed by atoms with Crippen LogP contribution in [0.5, 0.6) is 0 Å². The Hall–Kier alpha value is -3.94. The molecule has 0 amide bonds. The molecule has 1 atom stereocenters. The second-order valence-corrected chi connectivity index (χ2v) is 7.66. The highest BCUT2D eigenvalue weighted by Gasteiger charge is 2.25. The molecule has 11 heteroatoms. The van der Waals surface area contributed by atoms with Crippen molar-refractivity contribution in [2.45, 2.75) is 19.9 Å². The molecule has 0 aliphatic rings. The van der Waals surface area contributed by atoms with Gasteiger partial charge in [0.1, 0.15) is 29.4 Å². The molecule has 0 fully saturated rings. The van der Waals surface area contributed by atoms with E-state index in [1.165, 1.54) is 10.9 Å². The van der Waals surface area contributed by atoms with E-state index in [0.29, 0.717) is 22.6 Å². The summed E-state index contributed by atoms with van der Waals surface area (Å²) in [5.74, 6) is 1.34. The molecule has 160 valence electrons. The number of hydrogen-bond acceptors (Lipinski definition) is 8. The van der Waals surface area contributed by atoms with Gasteiger partial charge in [0.2, 0.25) is 5.82 Å². The predicted molar refractivity (Wildman–Crippen MR) is 114 cm³/mol. The van der Waals surface area contributed by atoms with Gasteiger partial charge in [0.25, 0.3) is 11.4 Å². The van der Waals surface area contributed by atoms with Crippen molar-refractivity contribution in [2.24, 2.45) is 0 Å². The number of furan rings is 1. The fourth-order valence-corrected chi connectivity index (χ4v) is 3.88. The number of hydrogen-bond donors (Lipinski definition) is 1. The molecule has 5 rings (SSSR count). The number of rotatable bonds is 4. The van der Waals surface area contributed by atoms with Crippen LogP contribution >= 0.6 is 11.6 Å². The molecule has 0 saturated heterocycles. The number of nitriles is 1. The molecular weight excluding hydrogens is 436 g/mol. The quantitative estimate of drug-likeness (QED) is 0.440. The second-order valence-electron chi connectivity index (χ2n) is 7.25. The monoisotopic (exact) mass is 450 g/mol. The zero-order valence-electron chi connectivity index (χ0n) is 16.9. The van der Waals surface area contributed by atoms with Crippen molar-refractivity contribution in [3.05, 3.63) is 57.3 Å². The maximum Gasteiger partial charge on any atom is 0.293 e. The van der Waals surface area contributed by atoms with E-state index in [0.717, 1.165) is 0 Å². The minimum atomic E-state index is -0.629. The molecule has 1 unspecified atom stereocenters. The van der Waals surface area contributed by atoms with Crippen LogP contribution in [-0.2, 0) is 0 Å². The van der Waals surface area contributed by atoms with Gasteiger partial charge in [-0.25, -0.2) is 4.98 Å². The third-order valence-corrected chi connectivity index (χ3v) is 5.52. The number of imidazole rings is 1. The standard InChI is InChI=1S/C21H15ClN6O4/c1-10(8-29)28-17-12(7-23)13(22)4-5-14(17)27-9-24-16(18(27)21(28)30)19-25-20(32-26-19)15-6-3-11(2)31-15/h3-6,9-10,29H,8H2,1-2H3. The average Bonchev–Trinajstić information content (AvgIpc) is 3.52. The van der Waals surface area contributed by atoms with Crippen molar-refractivity contribution in [1.82, 2.24) is 24.1 Å². The van der Waals surface area contributed by atoms with Crippen LogP contribution in [0.4, 0.5) is 0 Å². The van der Waals surface area contributed by atoms with Crippen LogP contribution in [0.1, 0.15) is 24.3 Å². The van der Waals surface area contributed by atoms with Gasteiger partial charge in [-0.2, -0.15) is 10.2 Å². The predicted octanol–water partition coefficient (Wildman–Crippen LogP) is 3.35. The van der Waals surface area contributed by atoms with Gasteiger partial charge < -0.3 is 14.0 Å². The average molecular weight is 451 g/mol. The van der Waals surface area contributed by atoms with Crippen LogP contribution in [0.3, 0.4) is 0 Å². The van der Waals surface area contributed by atoms with Gasteiger partial charge in [-0.1, -0.05) is 16.8 Å². The lowest BCUT2D eigenvalue weighted by atomic mass is 10.1. The molecule has 5 aromatic rings. The number of halogens is 1. The highest BCUT2D eigenvalue weighted by molar-refractivity contribution is 6.32. The maximum absolute atomic E-state index is 13.6. The smallest absolute Gasteiger partial charge is 0.293 e. The van der Waals surface area contributed by atoms with Crippen molar-refractivity contribution in [2.75, 3.05) is 6.61 Å². The third-order valence-electron chi connectivity index (χ3n) is 5.20. The van der Waals surface area contributed by atoms with Crippen molar-refractivity contribution in [1.29, 1.82) is 5.26 Å². The Morgan fingerprint density at radius 3 is 2.78 bits per heavy atom. The number of aromatic nitrogens is 5. The number of aryl methyl sites for hydroxylation is 1. The summed E-state index contributed by atoms with van der Waals surface area (Å²) in [7, 11) is 0. The summed E-state index contributed by atoms with van der Waals surface area (Å²) in [6.07, 6.45) is 1.45. The molecule has 0 spiro atoms. The minimum absolute atomic E-state index is 0.102. The van der Waals surface area contributed by atoms with Crippen LogP contribution < -0.4 is 5.56 Å². The molecule has 10 nitrogen and oxygen atoms in total. The molecule has 4 heterocycles. The van der Waals surface area contributed by atoms with Crippen molar-refractivity contribution in [3.8, 4) is 29.2 Å². The summed E-state index contributed by atoms with van der Waals surface area (Å²) in [4.78, 5) is 22.3. The molecule has 0 bridgehead atoms. The Labute approximate surface area is 184 Å². The highest BCUT2D eigenvalue weighted by atomic mass is 35.5. The summed E-state index contributed by atoms with van der Waals surface area (Å²) >= 11 is 6.22. The lowest BCUT2D eigenvalue weighted by molar-refractivity contribution is 0.239. The molecule has 1 aromatic carbocycles. The van der Waals surface area contributed by atoms with Crippen molar-refractivity contribution < 1.29 is 14.0 Å². The fraction of sp³-hybridized carbons (Fsp3) is 0.190. The van der Waals surface area contributed by atoms with Gasteiger partial charge in [-0.05, 0) is 38.1 Å². The van der Waals surface area contributed by atoms with Crippen LogP contribution in [0.15, 0.2) is 44.3 Å². The first-order valence-electron chi connectivity index (χ1n) is 9.60. The molecule has 32 heavy (non-hydrogen) atoms. The van der Waals surface area contributed by atoms with E-state index in [4.69, 9.17) is 20.5 Å². The SMILES string of the molecule is Cc1ccc(-c2nc(-c3ncn4c3c(=O)n(C(C)CO)c3c(C#N)c(Cl)ccc34)no2)o1. The molecule has 0 radical (unpaired) electrons. The van der Waals surface area contributed by atoms with Gasteiger partial charge in [-0.3, -0.25) is 13.8 Å². The third kappa shape index (κ3) is 2.83. The zero-order valence-corrected chi connectivity index (χ0v) is 17.7. The van der Waals surface area contributed by atoms with E-state index in [2.05, 4.69) is 21.2 Å².